The van der Waals surface area contributed by atoms with Gasteiger partial charge in [-0.2, -0.15) is 0 Å². The molecular formula is C10H23N2OY-. The second kappa shape index (κ2) is 23.4. The average Bonchev–Trinajstić information content (AvgIpc) is 2.18. The van der Waals surface area contributed by atoms with Gasteiger partial charge in [0, 0.05) is 53.0 Å². The van der Waals surface area contributed by atoms with Crippen LogP contribution in [0.1, 0.15) is 26.2 Å². The van der Waals surface area contributed by atoms with Crippen molar-refractivity contribution in [1.82, 2.24) is 5.32 Å². The molecule has 0 heterocycles. The van der Waals surface area contributed by atoms with Crippen molar-refractivity contribution in [2.24, 2.45) is 0 Å². The van der Waals surface area contributed by atoms with E-state index >= 15 is 0 Å². The summed E-state index contributed by atoms with van der Waals surface area (Å²) in [5, 5.41) is 2.69. The molecule has 3 nitrogen and oxygen atoms in total. The topological polar surface area (TPSA) is 45.1 Å². The van der Waals surface area contributed by atoms with Crippen molar-refractivity contribution >= 4 is 0 Å². The third kappa shape index (κ3) is 29.4. The molecule has 0 saturated heterocycles. The van der Waals surface area contributed by atoms with Crippen LogP contribution in [0, 0.1) is 0 Å². The molecule has 0 unspecified atom stereocenters. The van der Waals surface area contributed by atoms with Crippen LogP contribution in [-0.4, -0.2) is 26.8 Å². The number of nitrogens with one attached hydrogen (secondary N) is 2. The smallest absolute Gasteiger partial charge is 0.0465 e. The van der Waals surface area contributed by atoms with Crippen molar-refractivity contribution in [1.29, 1.82) is 0 Å². The third-order valence-electron chi connectivity index (χ3n) is 1.34. The van der Waals surface area contributed by atoms with Crippen LogP contribution >= 0.6 is 0 Å². The molecule has 83 valence electrons. The van der Waals surface area contributed by atoms with Gasteiger partial charge in [0.25, 0.3) is 0 Å². The van der Waals surface area contributed by atoms with Gasteiger partial charge in [0.2, 0.25) is 0 Å². The standard InChI is InChI=1S/C7H16NO.C3H7N.Y/c1-2-3-4-6-9-7-5-8;1-3-4-2;/h8H,2-7H2,1H3;3-4H,1H2,2H3;/q-1;;. The Morgan fingerprint density at radius 3 is 2.29 bits per heavy atom. The van der Waals surface area contributed by atoms with Crippen molar-refractivity contribution < 1.29 is 37.4 Å². The van der Waals surface area contributed by atoms with Gasteiger partial charge in [-0.1, -0.05) is 26.3 Å². The Hall–Kier alpha value is 0.564. The van der Waals surface area contributed by atoms with Gasteiger partial charge in [0.15, 0.2) is 0 Å². The van der Waals surface area contributed by atoms with E-state index in [4.69, 9.17) is 10.5 Å². The second-order valence-corrected chi connectivity index (χ2v) is 2.56. The Labute approximate surface area is 114 Å². The van der Waals surface area contributed by atoms with Crippen molar-refractivity contribution in [3.05, 3.63) is 18.5 Å². The molecule has 14 heavy (non-hydrogen) atoms. The van der Waals surface area contributed by atoms with E-state index in [-0.39, 0.29) is 32.7 Å². The first-order chi connectivity index (χ1) is 6.33. The molecular weight excluding hydrogens is 253 g/mol. The maximum absolute atomic E-state index is 6.76. The van der Waals surface area contributed by atoms with Gasteiger partial charge in [-0.3, -0.25) is 0 Å². The predicted octanol–water partition coefficient (Wildman–Crippen LogP) is 2.59. The fraction of sp³-hybridized carbons (Fsp3) is 0.800. The molecule has 0 aromatic heterocycles. The molecule has 0 bridgehead atoms. The number of hydrogen-bond acceptors (Lipinski definition) is 2. The fourth-order valence-corrected chi connectivity index (χ4v) is 0.628. The molecule has 0 amide bonds. The van der Waals surface area contributed by atoms with Gasteiger partial charge < -0.3 is 15.8 Å². The second-order valence-electron chi connectivity index (χ2n) is 2.56. The summed E-state index contributed by atoms with van der Waals surface area (Å²) in [5.74, 6) is 0. The van der Waals surface area contributed by atoms with Crippen LogP contribution in [0.2, 0.25) is 0 Å². The monoisotopic (exact) mass is 276 g/mol. The molecule has 0 aliphatic rings. The minimum absolute atomic E-state index is 0. The van der Waals surface area contributed by atoms with Crippen LogP contribution in [0.25, 0.3) is 5.73 Å². The van der Waals surface area contributed by atoms with E-state index < -0.39 is 0 Å². The first kappa shape index (κ1) is 20.0. The summed E-state index contributed by atoms with van der Waals surface area (Å²) >= 11 is 0. The minimum Gasteiger partial charge on any atom is -0.676 e. The van der Waals surface area contributed by atoms with E-state index in [2.05, 4.69) is 18.8 Å². The summed E-state index contributed by atoms with van der Waals surface area (Å²) < 4.78 is 5.10. The molecule has 0 aliphatic heterocycles. The van der Waals surface area contributed by atoms with Crippen LogP contribution in [-0.2, 0) is 37.4 Å². The first-order valence-electron chi connectivity index (χ1n) is 4.83. The van der Waals surface area contributed by atoms with E-state index in [9.17, 15) is 0 Å². The quantitative estimate of drug-likeness (QED) is 0.726. The molecule has 0 fully saturated rings. The normalized spacial score (nSPS) is 7.93. The van der Waals surface area contributed by atoms with Gasteiger partial charge in [0.05, 0.1) is 0 Å². The predicted molar refractivity (Wildman–Crippen MR) is 58.8 cm³/mol. The van der Waals surface area contributed by atoms with Crippen molar-refractivity contribution in [3.8, 4) is 0 Å². The molecule has 0 rings (SSSR count). The molecule has 1 radical (unpaired) electrons. The summed E-state index contributed by atoms with van der Waals surface area (Å²) in [7, 11) is 1.81. The van der Waals surface area contributed by atoms with Gasteiger partial charge in [-0.15, -0.1) is 6.54 Å². The minimum atomic E-state index is 0. The Kier molecular flexibility index (Phi) is 33.5. The van der Waals surface area contributed by atoms with Crippen molar-refractivity contribution in [2.75, 3.05) is 26.8 Å². The van der Waals surface area contributed by atoms with E-state index in [1.165, 1.54) is 12.8 Å². The van der Waals surface area contributed by atoms with E-state index in [0.717, 1.165) is 13.0 Å². The average molecular weight is 276 g/mol. The SMILES string of the molecule is C=CNC.CCCCCOCC[NH-].[Y]. The molecule has 0 atom stereocenters. The van der Waals surface area contributed by atoms with Gasteiger partial charge in [-0.05, 0) is 12.6 Å². The molecule has 0 aromatic rings. The van der Waals surface area contributed by atoms with Gasteiger partial charge >= 0.3 is 0 Å². The molecule has 0 aliphatic carbocycles. The van der Waals surface area contributed by atoms with Crippen LogP contribution in [0.3, 0.4) is 0 Å². The van der Waals surface area contributed by atoms with E-state index in [1.54, 1.807) is 6.20 Å². The van der Waals surface area contributed by atoms with Gasteiger partial charge in [0.1, 0.15) is 0 Å². The summed E-state index contributed by atoms with van der Waals surface area (Å²) in [6.45, 7) is 7.38. The number of ether oxygens (including phenoxy) is 1. The Balaban J connectivity index is -0.000000209. The van der Waals surface area contributed by atoms with Gasteiger partial charge in [-0.25, -0.2) is 0 Å². The Morgan fingerprint density at radius 1 is 1.36 bits per heavy atom. The Bertz CT molecular complexity index is 86.2. The van der Waals surface area contributed by atoms with Crippen molar-refractivity contribution in [2.45, 2.75) is 26.2 Å². The third-order valence-corrected chi connectivity index (χ3v) is 1.34. The number of rotatable bonds is 7. The largest absolute Gasteiger partial charge is 0.676 e. The van der Waals surface area contributed by atoms with Crippen LogP contribution < -0.4 is 5.32 Å². The zero-order chi connectivity index (χ0) is 10.4. The van der Waals surface area contributed by atoms with E-state index in [1.807, 2.05) is 7.05 Å². The van der Waals surface area contributed by atoms with Crippen LogP contribution in [0.5, 0.6) is 0 Å². The number of unbranched alkanes of at least 4 members (excludes halogenated alkanes) is 2. The van der Waals surface area contributed by atoms with E-state index in [0.29, 0.717) is 13.2 Å². The summed E-state index contributed by atoms with van der Waals surface area (Å²) in [4.78, 5) is 0. The van der Waals surface area contributed by atoms with Crippen molar-refractivity contribution in [3.63, 3.8) is 0 Å². The summed E-state index contributed by atoms with van der Waals surface area (Å²) in [5.41, 5.74) is 6.76. The summed E-state index contributed by atoms with van der Waals surface area (Å²) in [6.07, 6.45) is 5.26. The molecule has 0 saturated carbocycles. The molecule has 2 N–H and O–H groups in total. The van der Waals surface area contributed by atoms with Crippen LogP contribution in [0.15, 0.2) is 12.8 Å². The zero-order valence-corrected chi connectivity index (χ0v) is 12.4. The zero-order valence-electron chi connectivity index (χ0n) is 9.51. The first-order valence-corrected chi connectivity index (χ1v) is 4.83. The molecule has 0 aromatic carbocycles. The maximum Gasteiger partial charge on any atom is 0.0465 e. The molecule has 0 spiro atoms. The number of hydrogen-bond donors (Lipinski definition) is 1. The summed E-state index contributed by atoms with van der Waals surface area (Å²) in [6, 6.07) is 0. The maximum atomic E-state index is 6.76. The van der Waals surface area contributed by atoms with Crippen LogP contribution in [0.4, 0.5) is 0 Å². The molecule has 4 heteroatoms. The Morgan fingerprint density at radius 2 is 1.93 bits per heavy atom. The fourth-order valence-electron chi connectivity index (χ4n) is 0.628.